The van der Waals surface area contributed by atoms with Crippen molar-refractivity contribution < 1.29 is 9.57 Å². The zero-order chi connectivity index (χ0) is 9.97. The number of nitrogens with zero attached hydrogens (tertiary/aromatic N) is 1. The van der Waals surface area contributed by atoms with Crippen molar-refractivity contribution in [2.45, 2.75) is 32.5 Å². The van der Waals surface area contributed by atoms with E-state index in [-0.39, 0.29) is 6.29 Å². The van der Waals surface area contributed by atoms with Gasteiger partial charge in [0.15, 0.2) is 3.95 Å². The third-order valence-corrected chi connectivity index (χ3v) is 3.46. The molecular weight excluding hydrogens is 218 g/mol. The summed E-state index contributed by atoms with van der Waals surface area (Å²) in [4.78, 5) is 5.66. The Morgan fingerprint density at radius 1 is 1.64 bits per heavy atom. The Balaban J connectivity index is 2.06. The van der Waals surface area contributed by atoms with Gasteiger partial charge in [-0.05, 0) is 32.0 Å². The number of thiazole rings is 1. The van der Waals surface area contributed by atoms with E-state index in [9.17, 15) is 0 Å². The maximum atomic E-state index is 5.66. The van der Waals surface area contributed by atoms with Gasteiger partial charge < -0.3 is 9.57 Å². The van der Waals surface area contributed by atoms with E-state index in [1.807, 2.05) is 12.3 Å². The van der Waals surface area contributed by atoms with Crippen LogP contribution in [-0.4, -0.2) is 17.6 Å². The second kappa shape index (κ2) is 4.42. The molecule has 1 aromatic heterocycles. The third kappa shape index (κ3) is 2.16. The van der Waals surface area contributed by atoms with Crippen LogP contribution in [0.2, 0.25) is 0 Å². The van der Waals surface area contributed by atoms with Gasteiger partial charge in [0.25, 0.3) is 0 Å². The molecule has 3 nitrogen and oxygen atoms in total. The summed E-state index contributed by atoms with van der Waals surface area (Å²) >= 11 is 6.66. The van der Waals surface area contributed by atoms with Gasteiger partial charge in [0.2, 0.25) is 6.29 Å². The highest BCUT2D eigenvalue weighted by Crippen LogP contribution is 2.14. The minimum Gasteiger partial charge on any atom is -0.380 e. The smallest absolute Gasteiger partial charge is 0.224 e. The lowest BCUT2D eigenvalue weighted by atomic mass is 10.2. The van der Waals surface area contributed by atoms with Crippen LogP contribution in [0.4, 0.5) is 0 Å². The Kier molecular flexibility index (Phi) is 3.20. The SMILES string of the molecule is Cc1csc(=S)n1O[C@H]1CCCCO1. The number of hydrogen-bond donors (Lipinski definition) is 0. The van der Waals surface area contributed by atoms with Crippen molar-refractivity contribution in [1.29, 1.82) is 0 Å². The minimum atomic E-state index is -0.122. The first-order valence-electron chi connectivity index (χ1n) is 4.73. The van der Waals surface area contributed by atoms with Crippen molar-refractivity contribution in [3.63, 3.8) is 0 Å². The molecule has 0 N–H and O–H groups in total. The van der Waals surface area contributed by atoms with Crippen LogP contribution >= 0.6 is 23.6 Å². The van der Waals surface area contributed by atoms with Crippen LogP contribution in [0.1, 0.15) is 25.0 Å². The molecular formula is C9H13NO2S2. The maximum absolute atomic E-state index is 5.66. The average Bonchev–Trinajstić information content (AvgIpc) is 2.51. The fraction of sp³-hybridized carbons (Fsp3) is 0.667. The van der Waals surface area contributed by atoms with Crippen LogP contribution in [0.5, 0.6) is 0 Å². The molecule has 1 aliphatic heterocycles. The van der Waals surface area contributed by atoms with Crippen LogP contribution in [0.25, 0.3) is 0 Å². The van der Waals surface area contributed by atoms with Crippen LogP contribution in [-0.2, 0) is 4.74 Å². The number of aryl methyl sites for hydroxylation is 1. The summed E-state index contributed by atoms with van der Waals surface area (Å²) in [5, 5.41) is 1.99. The van der Waals surface area contributed by atoms with Crippen LogP contribution in [0, 0.1) is 10.9 Å². The van der Waals surface area contributed by atoms with E-state index in [0.717, 1.165) is 29.1 Å². The summed E-state index contributed by atoms with van der Waals surface area (Å²) < 4.78 is 7.91. The molecule has 1 saturated heterocycles. The van der Waals surface area contributed by atoms with Crippen molar-refractivity contribution in [3.05, 3.63) is 15.0 Å². The van der Waals surface area contributed by atoms with Crippen LogP contribution < -0.4 is 4.84 Å². The molecule has 2 rings (SSSR count). The summed E-state index contributed by atoms with van der Waals surface area (Å²) in [6.45, 7) is 2.77. The van der Waals surface area contributed by atoms with Crippen molar-refractivity contribution in [2.75, 3.05) is 6.61 Å². The molecule has 0 aromatic carbocycles. The van der Waals surface area contributed by atoms with Gasteiger partial charge in [0.1, 0.15) is 0 Å². The monoisotopic (exact) mass is 231 g/mol. The molecule has 0 saturated carbocycles. The van der Waals surface area contributed by atoms with Crippen molar-refractivity contribution in [1.82, 2.24) is 4.73 Å². The molecule has 0 radical (unpaired) electrons. The normalized spacial score (nSPS) is 22.2. The van der Waals surface area contributed by atoms with Crippen LogP contribution in [0.15, 0.2) is 5.38 Å². The van der Waals surface area contributed by atoms with E-state index in [2.05, 4.69) is 0 Å². The topological polar surface area (TPSA) is 23.4 Å². The standard InChI is InChI=1S/C9H13NO2S2/c1-7-6-14-9(13)10(7)12-8-4-2-3-5-11-8/h6,8H,2-5H2,1H3/t8-/m0/s1. The number of rotatable bonds is 2. The molecule has 0 unspecified atom stereocenters. The van der Waals surface area contributed by atoms with E-state index in [1.54, 1.807) is 4.73 Å². The highest BCUT2D eigenvalue weighted by Gasteiger charge is 2.16. The van der Waals surface area contributed by atoms with Crippen molar-refractivity contribution in [3.8, 4) is 0 Å². The van der Waals surface area contributed by atoms with Gasteiger partial charge >= 0.3 is 0 Å². The fourth-order valence-corrected chi connectivity index (χ4v) is 2.39. The largest absolute Gasteiger partial charge is 0.380 e. The average molecular weight is 231 g/mol. The van der Waals surface area contributed by atoms with E-state index in [4.69, 9.17) is 21.8 Å². The molecule has 0 bridgehead atoms. The van der Waals surface area contributed by atoms with E-state index in [1.165, 1.54) is 17.8 Å². The van der Waals surface area contributed by atoms with Gasteiger partial charge in [0.05, 0.1) is 12.3 Å². The fourth-order valence-electron chi connectivity index (χ4n) is 1.41. The lowest BCUT2D eigenvalue weighted by molar-refractivity contribution is -0.165. The van der Waals surface area contributed by atoms with Gasteiger partial charge in [-0.25, -0.2) is 0 Å². The summed E-state index contributed by atoms with van der Waals surface area (Å²) in [6, 6.07) is 0. The Morgan fingerprint density at radius 2 is 2.50 bits per heavy atom. The Hall–Kier alpha value is -0.390. The van der Waals surface area contributed by atoms with Gasteiger partial charge in [-0.2, -0.15) is 4.73 Å². The van der Waals surface area contributed by atoms with E-state index >= 15 is 0 Å². The Labute approximate surface area is 92.2 Å². The molecule has 0 amide bonds. The Morgan fingerprint density at radius 3 is 3.07 bits per heavy atom. The summed E-state index contributed by atoms with van der Waals surface area (Å²) in [5.74, 6) is 0. The van der Waals surface area contributed by atoms with Crippen molar-refractivity contribution in [2.24, 2.45) is 0 Å². The quantitative estimate of drug-likeness (QED) is 0.731. The first kappa shape index (κ1) is 10.1. The first-order chi connectivity index (χ1) is 6.77. The Bertz CT molecular complexity index is 352. The molecule has 1 aliphatic rings. The molecule has 78 valence electrons. The summed E-state index contributed by atoms with van der Waals surface area (Å²) in [6.07, 6.45) is 3.13. The third-order valence-electron chi connectivity index (χ3n) is 2.18. The van der Waals surface area contributed by atoms with Gasteiger partial charge in [-0.3, -0.25) is 0 Å². The predicted octanol–water partition coefficient (Wildman–Crippen LogP) is 2.54. The van der Waals surface area contributed by atoms with Gasteiger partial charge in [-0.15, -0.1) is 11.3 Å². The maximum Gasteiger partial charge on any atom is 0.224 e. The second-order valence-electron chi connectivity index (χ2n) is 3.34. The zero-order valence-corrected chi connectivity index (χ0v) is 9.70. The molecule has 1 atom stereocenters. The van der Waals surface area contributed by atoms with E-state index < -0.39 is 0 Å². The molecule has 1 fully saturated rings. The highest BCUT2D eigenvalue weighted by molar-refractivity contribution is 7.73. The molecule has 14 heavy (non-hydrogen) atoms. The van der Waals surface area contributed by atoms with Gasteiger partial charge in [0, 0.05) is 11.8 Å². The molecule has 5 heteroatoms. The van der Waals surface area contributed by atoms with Crippen LogP contribution in [0.3, 0.4) is 0 Å². The first-order valence-corrected chi connectivity index (χ1v) is 6.02. The van der Waals surface area contributed by atoms with Gasteiger partial charge in [-0.1, -0.05) is 0 Å². The lowest BCUT2D eigenvalue weighted by Gasteiger charge is -2.23. The minimum absolute atomic E-state index is 0.122. The second-order valence-corrected chi connectivity index (χ2v) is 4.84. The summed E-state index contributed by atoms with van der Waals surface area (Å²) in [5.41, 5.74) is 1.04. The molecule has 2 heterocycles. The predicted molar refractivity (Wildman–Crippen MR) is 58.1 cm³/mol. The van der Waals surface area contributed by atoms with E-state index in [0.29, 0.717) is 0 Å². The molecule has 1 aromatic rings. The number of ether oxygens (including phenoxy) is 1. The zero-order valence-electron chi connectivity index (χ0n) is 8.06. The highest BCUT2D eigenvalue weighted by atomic mass is 32.1. The number of aromatic nitrogens is 1. The summed E-state index contributed by atoms with van der Waals surface area (Å²) in [7, 11) is 0. The molecule has 0 aliphatic carbocycles. The molecule has 0 spiro atoms. The van der Waals surface area contributed by atoms with Crippen molar-refractivity contribution >= 4 is 23.6 Å². The number of hydrogen-bond acceptors (Lipinski definition) is 4. The lowest BCUT2D eigenvalue weighted by Crippen LogP contribution is -2.31.